The molecular weight excluding hydrogens is 463 g/mol. The van der Waals surface area contributed by atoms with Crippen molar-refractivity contribution in [2.75, 3.05) is 22.5 Å². The molecule has 1 aliphatic carbocycles. The van der Waals surface area contributed by atoms with Gasteiger partial charge in [0.05, 0.1) is 17.9 Å². The lowest BCUT2D eigenvalue weighted by Gasteiger charge is -2.31. The normalized spacial score (nSPS) is 15.2. The summed E-state index contributed by atoms with van der Waals surface area (Å²) in [6, 6.07) is 10.3. The van der Waals surface area contributed by atoms with Crippen molar-refractivity contribution in [3.05, 3.63) is 70.7 Å². The van der Waals surface area contributed by atoms with E-state index in [2.05, 4.69) is 30.5 Å². The first-order chi connectivity index (χ1) is 17.5. The number of aromatic amines is 1. The highest BCUT2D eigenvalue weighted by Crippen LogP contribution is 2.42. The molecule has 2 aromatic heterocycles. The summed E-state index contributed by atoms with van der Waals surface area (Å²) in [7, 11) is 0. The van der Waals surface area contributed by atoms with Crippen LogP contribution in [0.5, 0.6) is 0 Å². The average Bonchev–Trinajstić information content (AvgIpc) is 3.60. The number of aliphatic hydroxyl groups is 1. The van der Waals surface area contributed by atoms with Crippen LogP contribution >= 0.6 is 0 Å². The fraction of sp³-hybridized carbons (Fsp3) is 0.240. The Morgan fingerprint density at radius 2 is 2.06 bits per heavy atom. The van der Waals surface area contributed by atoms with Gasteiger partial charge in [0, 0.05) is 29.9 Å². The third kappa shape index (κ3) is 3.93. The summed E-state index contributed by atoms with van der Waals surface area (Å²) in [5.74, 6) is 0.336. The number of fused-ring (bicyclic) bond motifs is 1. The molecule has 36 heavy (non-hydrogen) atoms. The lowest BCUT2D eigenvalue weighted by Crippen LogP contribution is -2.39. The molecule has 0 atom stereocenters. The van der Waals surface area contributed by atoms with E-state index < -0.39 is 11.7 Å². The predicted octanol–water partition coefficient (Wildman–Crippen LogP) is 3.30. The van der Waals surface area contributed by atoms with Crippen molar-refractivity contribution in [2.24, 2.45) is 0 Å². The number of carbonyl (C=O) groups is 1. The van der Waals surface area contributed by atoms with E-state index in [0.29, 0.717) is 41.5 Å². The molecule has 0 unspecified atom stereocenters. The highest BCUT2D eigenvalue weighted by Gasteiger charge is 2.33. The fourth-order valence-corrected chi connectivity index (χ4v) is 4.69. The third-order valence-corrected chi connectivity index (χ3v) is 6.54. The number of H-pyrrole nitrogens is 1. The number of hydrogen-bond donors (Lipinski definition) is 4. The van der Waals surface area contributed by atoms with Crippen LogP contribution in [0.4, 0.5) is 27.8 Å². The fourth-order valence-electron chi connectivity index (χ4n) is 4.69. The molecule has 1 amide bonds. The summed E-state index contributed by atoms with van der Waals surface area (Å²) in [4.78, 5) is 27.7. The third-order valence-electron chi connectivity index (χ3n) is 6.54. The minimum atomic E-state index is -0.495. The lowest BCUT2D eigenvalue weighted by molar-refractivity contribution is 0.0976. The average molecular weight is 487 g/mol. The number of nitrogens with zero attached hydrogens (tertiary/aromatic N) is 5. The Hall–Kier alpha value is -4.38. The van der Waals surface area contributed by atoms with Crippen molar-refractivity contribution < 1.29 is 14.3 Å². The Morgan fingerprint density at radius 1 is 1.19 bits per heavy atom. The zero-order chi connectivity index (χ0) is 24.8. The van der Waals surface area contributed by atoms with Crippen molar-refractivity contribution >= 4 is 29.3 Å². The maximum atomic E-state index is 15.1. The summed E-state index contributed by atoms with van der Waals surface area (Å²) < 4.78 is 15.1. The molecule has 3 heterocycles. The van der Waals surface area contributed by atoms with E-state index in [9.17, 15) is 9.90 Å². The van der Waals surface area contributed by atoms with Gasteiger partial charge in [0.2, 0.25) is 11.9 Å². The molecule has 0 bridgehead atoms. The number of halogens is 1. The number of amides is 1. The SMILES string of the molecule is Nc1nc(Nc2cc[nH]n2)nc(-c2cccc(N3CCc4cc(C5CC5)cc(F)c4C3=O)c2CO)n1. The number of nitrogens with one attached hydrogen (secondary N) is 2. The zero-order valence-electron chi connectivity index (χ0n) is 19.2. The van der Waals surface area contributed by atoms with Crippen LogP contribution in [0.15, 0.2) is 42.6 Å². The number of rotatable bonds is 6. The zero-order valence-corrected chi connectivity index (χ0v) is 19.2. The van der Waals surface area contributed by atoms with Gasteiger partial charge < -0.3 is 21.1 Å². The van der Waals surface area contributed by atoms with Crippen LogP contribution in [0.1, 0.15) is 45.8 Å². The Labute approximate surface area is 205 Å². The van der Waals surface area contributed by atoms with Crippen molar-refractivity contribution in [1.29, 1.82) is 0 Å². The Balaban J connectivity index is 1.38. The van der Waals surface area contributed by atoms with E-state index in [0.717, 1.165) is 24.0 Å². The van der Waals surface area contributed by atoms with Gasteiger partial charge in [-0.3, -0.25) is 9.89 Å². The first kappa shape index (κ1) is 22.1. The number of aromatic nitrogens is 5. The molecule has 5 N–H and O–H groups in total. The second kappa shape index (κ2) is 8.68. The number of anilines is 4. The predicted molar refractivity (Wildman–Crippen MR) is 131 cm³/mol. The van der Waals surface area contributed by atoms with Crippen LogP contribution in [0.2, 0.25) is 0 Å². The van der Waals surface area contributed by atoms with Crippen LogP contribution in [-0.2, 0) is 13.0 Å². The number of carbonyl (C=O) groups excluding carboxylic acids is 1. The highest BCUT2D eigenvalue weighted by molar-refractivity contribution is 6.09. The highest BCUT2D eigenvalue weighted by atomic mass is 19.1. The maximum absolute atomic E-state index is 15.1. The summed E-state index contributed by atoms with van der Waals surface area (Å²) >= 11 is 0. The molecule has 11 heteroatoms. The summed E-state index contributed by atoms with van der Waals surface area (Å²) in [6.07, 6.45) is 4.28. The number of benzene rings is 2. The van der Waals surface area contributed by atoms with Crippen LogP contribution in [-0.4, -0.2) is 42.7 Å². The largest absolute Gasteiger partial charge is 0.392 e. The molecule has 2 aromatic carbocycles. The Morgan fingerprint density at radius 3 is 2.81 bits per heavy atom. The monoisotopic (exact) mass is 486 g/mol. The van der Waals surface area contributed by atoms with E-state index in [1.807, 2.05) is 6.07 Å². The molecule has 0 spiro atoms. The summed E-state index contributed by atoms with van der Waals surface area (Å²) in [6.45, 7) is -0.0277. The van der Waals surface area contributed by atoms with Gasteiger partial charge >= 0.3 is 0 Å². The molecule has 6 rings (SSSR count). The number of hydrogen-bond acceptors (Lipinski definition) is 8. The molecule has 10 nitrogen and oxygen atoms in total. The molecule has 1 aliphatic heterocycles. The molecule has 1 fully saturated rings. The van der Waals surface area contributed by atoms with Gasteiger partial charge in [-0.1, -0.05) is 18.2 Å². The standard InChI is InChI=1S/C25H23FN8O2/c26-18-11-15(13-4-5-13)10-14-7-9-34(23(36)21(14)18)19-3-1-2-16(17(19)12-35)22-30-24(27)32-25(31-22)29-20-6-8-28-33-20/h1-3,6,8,10-11,13,35H,4-5,7,9,12H2,(H4,27,28,29,30,31,32,33). The molecule has 0 radical (unpaired) electrons. The first-order valence-corrected chi connectivity index (χ1v) is 11.7. The van der Waals surface area contributed by atoms with Crippen molar-refractivity contribution in [2.45, 2.75) is 31.8 Å². The van der Waals surface area contributed by atoms with E-state index in [-0.39, 0.29) is 29.9 Å². The van der Waals surface area contributed by atoms with Crippen molar-refractivity contribution in [3.8, 4) is 11.4 Å². The Bertz CT molecular complexity index is 1470. The van der Waals surface area contributed by atoms with Gasteiger partial charge in [0.25, 0.3) is 5.91 Å². The molecule has 1 saturated carbocycles. The van der Waals surface area contributed by atoms with E-state index in [1.54, 1.807) is 30.5 Å². The molecule has 4 aromatic rings. The van der Waals surface area contributed by atoms with Crippen LogP contribution < -0.4 is 16.0 Å². The second-order valence-corrected chi connectivity index (χ2v) is 8.90. The maximum Gasteiger partial charge on any atom is 0.261 e. The van der Waals surface area contributed by atoms with Gasteiger partial charge in [-0.25, -0.2) is 4.39 Å². The minimum Gasteiger partial charge on any atom is -0.392 e. The molecule has 182 valence electrons. The molecule has 0 saturated heterocycles. The first-order valence-electron chi connectivity index (χ1n) is 11.7. The molecular formula is C25H23FN8O2. The quantitative estimate of drug-likeness (QED) is 0.325. The lowest BCUT2D eigenvalue weighted by atomic mass is 9.93. The van der Waals surface area contributed by atoms with Crippen LogP contribution in [0, 0.1) is 5.82 Å². The van der Waals surface area contributed by atoms with Gasteiger partial charge in [0.1, 0.15) is 5.82 Å². The van der Waals surface area contributed by atoms with Gasteiger partial charge in [-0.15, -0.1) is 0 Å². The topological polar surface area (TPSA) is 146 Å². The minimum absolute atomic E-state index is 0.0242. The summed E-state index contributed by atoms with van der Waals surface area (Å²) in [5, 5.41) is 20.0. The van der Waals surface area contributed by atoms with Gasteiger partial charge in [-0.2, -0.15) is 20.1 Å². The number of aliphatic hydroxyl groups excluding tert-OH is 1. The van der Waals surface area contributed by atoms with Gasteiger partial charge in [-0.05, 0) is 48.4 Å². The smallest absolute Gasteiger partial charge is 0.261 e. The Kier molecular flexibility index (Phi) is 5.33. The number of nitrogens with two attached hydrogens (primary N) is 1. The van der Waals surface area contributed by atoms with E-state index >= 15 is 4.39 Å². The van der Waals surface area contributed by atoms with Crippen LogP contribution in [0.3, 0.4) is 0 Å². The van der Waals surface area contributed by atoms with E-state index in [1.165, 1.54) is 11.0 Å². The van der Waals surface area contributed by atoms with Crippen molar-refractivity contribution in [1.82, 2.24) is 25.1 Å². The summed E-state index contributed by atoms with van der Waals surface area (Å²) in [5.41, 5.74) is 9.11. The number of nitrogen functional groups attached to an aromatic ring is 1. The van der Waals surface area contributed by atoms with Crippen molar-refractivity contribution in [3.63, 3.8) is 0 Å². The van der Waals surface area contributed by atoms with E-state index in [4.69, 9.17) is 5.73 Å². The van der Waals surface area contributed by atoms with Gasteiger partial charge in [0.15, 0.2) is 11.6 Å². The van der Waals surface area contributed by atoms with Crippen LogP contribution in [0.25, 0.3) is 11.4 Å². The molecule has 2 aliphatic rings. The second-order valence-electron chi connectivity index (χ2n) is 8.90.